The Labute approximate surface area is 136 Å². The summed E-state index contributed by atoms with van der Waals surface area (Å²) in [5.41, 5.74) is 17.8. The number of hydrogen-bond acceptors (Lipinski definition) is 2. The van der Waals surface area contributed by atoms with Gasteiger partial charge in [0.1, 0.15) is 11.7 Å². The minimum absolute atomic E-state index is 0.0299. The van der Waals surface area contributed by atoms with Crippen LogP contribution >= 0.6 is 23.2 Å². The van der Waals surface area contributed by atoms with Gasteiger partial charge in [-0.05, 0) is 30.3 Å². The summed E-state index contributed by atoms with van der Waals surface area (Å²) < 4.78 is 13.7. The van der Waals surface area contributed by atoms with E-state index in [-0.39, 0.29) is 22.4 Å². The molecule has 2 aromatic carbocycles. The van der Waals surface area contributed by atoms with Crippen LogP contribution in [0.1, 0.15) is 5.56 Å². The van der Waals surface area contributed by atoms with Gasteiger partial charge in [-0.25, -0.2) is 9.38 Å². The number of rotatable bonds is 2. The van der Waals surface area contributed by atoms with Gasteiger partial charge in [0.25, 0.3) is 0 Å². The zero-order valence-corrected chi connectivity index (χ0v) is 12.7. The summed E-state index contributed by atoms with van der Waals surface area (Å²) in [6.45, 7) is 0. The number of guanidine groups is 1. The summed E-state index contributed by atoms with van der Waals surface area (Å²) in [6.07, 6.45) is 0. The van der Waals surface area contributed by atoms with Gasteiger partial charge in [-0.2, -0.15) is 4.99 Å². The van der Waals surface area contributed by atoms with E-state index >= 15 is 0 Å². The second kappa shape index (κ2) is 6.64. The standard InChI is InChI=1S/C14H12Cl2FN5/c15-8-2-1-3-10(17)12(8)13(19)22-14(20)21-7-4-5-11(18)9(16)6-7/h1-6H,18H2,(H4,19,20,21,22). The van der Waals surface area contributed by atoms with Gasteiger partial charge in [0, 0.05) is 0 Å². The Bertz CT molecular complexity index is 754. The van der Waals surface area contributed by atoms with E-state index in [2.05, 4.69) is 9.98 Å². The van der Waals surface area contributed by atoms with Crippen molar-refractivity contribution in [2.45, 2.75) is 0 Å². The van der Waals surface area contributed by atoms with Gasteiger partial charge in [0.15, 0.2) is 0 Å². The van der Waals surface area contributed by atoms with Crippen LogP contribution in [0.4, 0.5) is 15.8 Å². The first-order valence-electron chi connectivity index (χ1n) is 6.06. The zero-order chi connectivity index (χ0) is 16.3. The van der Waals surface area contributed by atoms with E-state index in [0.717, 1.165) is 0 Å². The second-order valence-corrected chi connectivity index (χ2v) is 5.08. The summed E-state index contributed by atoms with van der Waals surface area (Å²) in [5.74, 6) is -0.944. The highest BCUT2D eigenvalue weighted by Gasteiger charge is 2.11. The molecule has 6 N–H and O–H groups in total. The first-order chi connectivity index (χ1) is 10.4. The fourth-order valence-corrected chi connectivity index (χ4v) is 2.10. The molecule has 0 fully saturated rings. The third-order valence-electron chi connectivity index (χ3n) is 2.68. The minimum atomic E-state index is -0.600. The molecule has 0 amide bonds. The third kappa shape index (κ3) is 3.66. The maximum atomic E-state index is 13.7. The van der Waals surface area contributed by atoms with Crippen molar-refractivity contribution in [1.82, 2.24) is 0 Å². The van der Waals surface area contributed by atoms with Crippen LogP contribution in [-0.4, -0.2) is 11.8 Å². The number of nitrogen functional groups attached to an aromatic ring is 1. The van der Waals surface area contributed by atoms with E-state index < -0.39 is 5.82 Å². The lowest BCUT2D eigenvalue weighted by Crippen LogP contribution is -2.21. The number of nitrogens with zero attached hydrogens (tertiary/aromatic N) is 2. The van der Waals surface area contributed by atoms with Crippen molar-refractivity contribution in [2.24, 2.45) is 21.5 Å². The second-order valence-electron chi connectivity index (χ2n) is 4.27. The molecule has 0 saturated carbocycles. The molecule has 0 heterocycles. The quantitative estimate of drug-likeness (QED) is 0.445. The summed E-state index contributed by atoms with van der Waals surface area (Å²) >= 11 is 11.8. The number of halogens is 3. The molecule has 8 heteroatoms. The van der Waals surface area contributed by atoms with Gasteiger partial charge < -0.3 is 17.2 Å². The van der Waals surface area contributed by atoms with E-state index in [1.807, 2.05) is 0 Å². The first kappa shape index (κ1) is 16.1. The summed E-state index contributed by atoms with van der Waals surface area (Å²) in [6, 6.07) is 8.88. The fraction of sp³-hybridized carbons (Fsp3) is 0. The first-order valence-corrected chi connectivity index (χ1v) is 6.82. The highest BCUT2D eigenvalue weighted by atomic mass is 35.5. The molecule has 5 nitrogen and oxygen atoms in total. The van der Waals surface area contributed by atoms with Crippen LogP contribution in [0, 0.1) is 5.82 Å². The molecule has 22 heavy (non-hydrogen) atoms. The van der Waals surface area contributed by atoms with Crippen molar-refractivity contribution in [3.8, 4) is 0 Å². The largest absolute Gasteiger partial charge is 0.398 e. The monoisotopic (exact) mass is 339 g/mol. The summed E-state index contributed by atoms with van der Waals surface area (Å²) in [4.78, 5) is 7.85. The van der Waals surface area contributed by atoms with Crippen molar-refractivity contribution in [3.05, 3.63) is 57.8 Å². The van der Waals surface area contributed by atoms with Gasteiger partial charge >= 0.3 is 0 Å². The number of hydrogen-bond donors (Lipinski definition) is 3. The molecule has 0 unspecified atom stereocenters. The molecule has 0 aliphatic carbocycles. The number of aliphatic imine (C=N–C) groups is 2. The number of benzene rings is 2. The van der Waals surface area contributed by atoms with Crippen molar-refractivity contribution < 1.29 is 4.39 Å². The molecule has 0 aliphatic heterocycles. The van der Waals surface area contributed by atoms with Crippen molar-refractivity contribution in [2.75, 3.05) is 5.73 Å². The predicted octanol–water partition coefficient (Wildman–Crippen LogP) is 3.07. The van der Waals surface area contributed by atoms with Crippen LogP contribution < -0.4 is 17.2 Å². The molecule has 2 rings (SSSR count). The predicted molar refractivity (Wildman–Crippen MR) is 89.3 cm³/mol. The SMILES string of the molecule is NC(=Nc1ccc(N)c(Cl)c1)N=C(N)c1c(F)cccc1Cl. The van der Waals surface area contributed by atoms with E-state index in [1.54, 1.807) is 12.1 Å². The molecular formula is C14H12Cl2FN5. The van der Waals surface area contributed by atoms with Crippen LogP contribution in [0.25, 0.3) is 0 Å². The Kier molecular flexibility index (Phi) is 4.85. The molecule has 2 aromatic rings. The van der Waals surface area contributed by atoms with Gasteiger partial charge in [-0.3, -0.25) is 0 Å². The lowest BCUT2D eigenvalue weighted by Gasteiger charge is -2.05. The van der Waals surface area contributed by atoms with Crippen molar-refractivity contribution >= 4 is 46.4 Å². The van der Waals surface area contributed by atoms with Gasteiger partial charge in [-0.1, -0.05) is 29.3 Å². The van der Waals surface area contributed by atoms with Crippen LogP contribution in [0.3, 0.4) is 0 Å². The molecule has 0 aromatic heterocycles. The number of anilines is 1. The van der Waals surface area contributed by atoms with E-state index in [0.29, 0.717) is 16.4 Å². The molecule has 0 spiro atoms. The molecule has 0 atom stereocenters. The van der Waals surface area contributed by atoms with Crippen LogP contribution in [-0.2, 0) is 0 Å². The van der Waals surface area contributed by atoms with E-state index in [4.69, 9.17) is 40.4 Å². The van der Waals surface area contributed by atoms with E-state index in [1.165, 1.54) is 24.3 Å². The molecule has 114 valence electrons. The van der Waals surface area contributed by atoms with Crippen molar-refractivity contribution in [1.29, 1.82) is 0 Å². The molecule has 0 aliphatic rings. The minimum Gasteiger partial charge on any atom is -0.398 e. The van der Waals surface area contributed by atoms with Crippen molar-refractivity contribution in [3.63, 3.8) is 0 Å². The fourth-order valence-electron chi connectivity index (χ4n) is 1.66. The Morgan fingerprint density at radius 3 is 2.41 bits per heavy atom. The zero-order valence-electron chi connectivity index (χ0n) is 11.2. The lowest BCUT2D eigenvalue weighted by atomic mass is 10.2. The Morgan fingerprint density at radius 2 is 1.77 bits per heavy atom. The molecule has 0 saturated heterocycles. The number of amidine groups is 1. The average molecular weight is 340 g/mol. The Hall–Kier alpha value is -2.31. The summed E-state index contributed by atoms with van der Waals surface area (Å²) in [5, 5.41) is 0.465. The number of nitrogens with two attached hydrogens (primary N) is 3. The van der Waals surface area contributed by atoms with Crippen LogP contribution in [0.5, 0.6) is 0 Å². The smallest absolute Gasteiger partial charge is 0.222 e. The van der Waals surface area contributed by atoms with Crippen LogP contribution in [0.2, 0.25) is 10.0 Å². The van der Waals surface area contributed by atoms with Gasteiger partial charge in [0.05, 0.1) is 27.0 Å². The van der Waals surface area contributed by atoms with Gasteiger partial charge in [-0.15, -0.1) is 0 Å². The third-order valence-corrected chi connectivity index (χ3v) is 3.32. The maximum Gasteiger partial charge on any atom is 0.222 e. The highest BCUT2D eigenvalue weighted by molar-refractivity contribution is 6.34. The van der Waals surface area contributed by atoms with Crippen LogP contribution in [0.15, 0.2) is 46.4 Å². The summed E-state index contributed by atoms with van der Waals surface area (Å²) in [7, 11) is 0. The topological polar surface area (TPSA) is 103 Å². The molecular weight excluding hydrogens is 328 g/mol. The van der Waals surface area contributed by atoms with E-state index in [9.17, 15) is 4.39 Å². The highest BCUT2D eigenvalue weighted by Crippen LogP contribution is 2.24. The normalized spacial score (nSPS) is 12.5. The van der Waals surface area contributed by atoms with Gasteiger partial charge in [0.2, 0.25) is 5.96 Å². The molecule has 0 bridgehead atoms. The molecule has 0 radical (unpaired) electrons. The lowest BCUT2D eigenvalue weighted by molar-refractivity contribution is 0.625. The Morgan fingerprint density at radius 1 is 1.05 bits per heavy atom. The Balaban J connectivity index is 2.34. The average Bonchev–Trinajstić information content (AvgIpc) is 2.42. The maximum absolute atomic E-state index is 13.7.